The summed E-state index contributed by atoms with van der Waals surface area (Å²) in [5.41, 5.74) is 2.35. The molecule has 1 aliphatic carbocycles. The zero-order valence-electron chi connectivity index (χ0n) is 10.6. The van der Waals surface area contributed by atoms with E-state index in [-0.39, 0.29) is 5.92 Å². The van der Waals surface area contributed by atoms with Crippen molar-refractivity contribution < 1.29 is 4.74 Å². The van der Waals surface area contributed by atoms with Crippen molar-refractivity contribution >= 4 is 0 Å². The quantitative estimate of drug-likeness (QED) is 0.841. The lowest BCUT2D eigenvalue weighted by Gasteiger charge is -2.11. The second kappa shape index (κ2) is 5.15. The number of aromatic nitrogens is 2. The van der Waals surface area contributed by atoms with E-state index in [2.05, 4.69) is 11.1 Å². The van der Waals surface area contributed by atoms with E-state index < -0.39 is 0 Å². The molecule has 0 saturated heterocycles. The predicted octanol–water partition coefficient (Wildman–Crippen LogP) is 2.52. The topological polar surface area (TPSA) is 50.8 Å². The summed E-state index contributed by atoms with van der Waals surface area (Å²) in [6, 6.07) is 8.36. The molecular weight excluding hydrogens is 238 g/mol. The molecule has 1 atom stereocenters. The standard InChI is InChI=1S/C15H15N3O/c16-10-12-4-5-14-13(12)2-1-3-15(14)19-9-8-18-7-6-17-11-18/h1-3,6-7,11-12H,4-5,8-9H2. The Labute approximate surface area is 112 Å². The van der Waals surface area contributed by atoms with Crippen LogP contribution in [0.1, 0.15) is 23.5 Å². The van der Waals surface area contributed by atoms with E-state index in [1.165, 1.54) is 5.56 Å². The molecule has 1 unspecified atom stereocenters. The van der Waals surface area contributed by atoms with Gasteiger partial charge in [0.15, 0.2) is 0 Å². The van der Waals surface area contributed by atoms with Gasteiger partial charge < -0.3 is 9.30 Å². The SMILES string of the molecule is N#CC1CCc2c(OCCn3ccnc3)cccc21. The van der Waals surface area contributed by atoms with Crippen LogP contribution in [-0.2, 0) is 13.0 Å². The van der Waals surface area contributed by atoms with Crippen LogP contribution >= 0.6 is 0 Å². The second-order valence-electron chi connectivity index (χ2n) is 4.69. The lowest BCUT2D eigenvalue weighted by atomic mass is 10.0. The molecule has 1 aliphatic rings. The number of hydrogen-bond acceptors (Lipinski definition) is 3. The zero-order chi connectivity index (χ0) is 13.1. The first-order chi connectivity index (χ1) is 9.38. The maximum absolute atomic E-state index is 9.10. The average molecular weight is 253 g/mol. The molecule has 19 heavy (non-hydrogen) atoms. The first-order valence-corrected chi connectivity index (χ1v) is 6.48. The Kier molecular flexibility index (Phi) is 3.20. The highest BCUT2D eigenvalue weighted by atomic mass is 16.5. The molecule has 0 fully saturated rings. The molecule has 3 rings (SSSR count). The second-order valence-corrected chi connectivity index (χ2v) is 4.69. The third-order valence-corrected chi connectivity index (χ3v) is 3.55. The van der Waals surface area contributed by atoms with Gasteiger partial charge in [0.05, 0.1) is 24.9 Å². The lowest BCUT2D eigenvalue weighted by molar-refractivity contribution is 0.295. The molecule has 1 aromatic heterocycles. The Bertz CT molecular complexity index is 598. The summed E-state index contributed by atoms with van der Waals surface area (Å²) in [6.07, 6.45) is 7.31. The third kappa shape index (κ3) is 2.32. The Morgan fingerprint density at radius 2 is 2.42 bits per heavy atom. The van der Waals surface area contributed by atoms with Gasteiger partial charge in [-0.25, -0.2) is 4.98 Å². The molecule has 0 spiro atoms. The van der Waals surface area contributed by atoms with Gasteiger partial charge in [0.2, 0.25) is 0 Å². The van der Waals surface area contributed by atoms with Crippen LogP contribution in [0, 0.1) is 11.3 Å². The summed E-state index contributed by atoms with van der Waals surface area (Å²) < 4.78 is 7.84. The first-order valence-electron chi connectivity index (χ1n) is 6.48. The summed E-state index contributed by atoms with van der Waals surface area (Å²) in [5.74, 6) is 0.961. The number of fused-ring (bicyclic) bond motifs is 1. The number of nitriles is 1. The first kappa shape index (κ1) is 11.8. The molecule has 0 radical (unpaired) electrons. The van der Waals surface area contributed by atoms with Gasteiger partial charge in [-0.2, -0.15) is 5.26 Å². The zero-order valence-corrected chi connectivity index (χ0v) is 10.6. The molecule has 96 valence electrons. The number of ether oxygens (including phenoxy) is 1. The van der Waals surface area contributed by atoms with E-state index in [0.717, 1.165) is 30.7 Å². The van der Waals surface area contributed by atoms with Crippen molar-refractivity contribution in [2.75, 3.05) is 6.61 Å². The van der Waals surface area contributed by atoms with Crippen molar-refractivity contribution in [2.45, 2.75) is 25.3 Å². The minimum atomic E-state index is 0.0344. The summed E-state index contributed by atoms with van der Waals surface area (Å²) in [5, 5.41) is 9.10. The van der Waals surface area contributed by atoms with Crippen LogP contribution in [0.4, 0.5) is 0 Å². The number of benzene rings is 1. The molecule has 0 N–H and O–H groups in total. The van der Waals surface area contributed by atoms with Gasteiger partial charge in [0.1, 0.15) is 12.4 Å². The minimum Gasteiger partial charge on any atom is -0.491 e. The monoisotopic (exact) mass is 253 g/mol. The number of nitrogens with zero attached hydrogens (tertiary/aromatic N) is 3. The molecule has 0 amide bonds. The van der Waals surface area contributed by atoms with Gasteiger partial charge in [-0.3, -0.25) is 0 Å². The highest BCUT2D eigenvalue weighted by molar-refractivity contribution is 5.47. The van der Waals surface area contributed by atoms with Crippen molar-refractivity contribution in [3.8, 4) is 11.8 Å². The molecule has 4 heteroatoms. The van der Waals surface area contributed by atoms with Crippen molar-refractivity contribution in [3.63, 3.8) is 0 Å². The fourth-order valence-corrected chi connectivity index (χ4v) is 2.57. The summed E-state index contributed by atoms with van der Waals surface area (Å²) in [4.78, 5) is 4.00. The van der Waals surface area contributed by atoms with E-state index >= 15 is 0 Å². The average Bonchev–Trinajstić information content (AvgIpc) is 3.07. The van der Waals surface area contributed by atoms with E-state index in [1.54, 1.807) is 12.5 Å². The van der Waals surface area contributed by atoms with Crippen molar-refractivity contribution in [1.29, 1.82) is 5.26 Å². The fourth-order valence-electron chi connectivity index (χ4n) is 2.57. The fraction of sp³-hybridized carbons (Fsp3) is 0.333. The lowest BCUT2D eigenvalue weighted by Crippen LogP contribution is -2.07. The Morgan fingerprint density at radius 3 is 3.21 bits per heavy atom. The summed E-state index contributed by atoms with van der Waals surface area (Å²) in [7, 11) is 0. The smallest absolute Gasteiger partial charge is 0.122 e. The van der Waals surface area contributed by atoms with E-state index in [1.807, 2.05) is 29.0 Å². The molecular formula is C15H15N3O. The number of hydrogen-bond donors (Lipinski definition) is 0. The van der Waals surface area contributed by atoms with Crippen molar-refractivity contribution in [3.05, 3.63) is 48.0 Å². The van der Waals surface area contributed by atoms with Crippen molar-refractivity contribution in [2.24, 2.45) is 0 Å². The van der Waals surface area contributed by atoms with Crippen LogP contribution in [0.3, 0.4) is 0 Å². The molecule has 1 aromatic carbocycles. The molecule has 0 saturated carbocycles. The minimum absolute atomic E-state index is 0.0344. The largest absolute Gasteiger partial charge is 0.491 e. The molecule has 4 nitrogen and oxygen atoms in total. The van der Waals surface area contributed by atoms with Crippen LogP contribution in [0.5, 0.6) is 5.75 Å². The molecule has 2 aromatic rings. The van der Waals surface area contributed by atoms with Crippen LogP contribution < -0.4 is 4.74 Å². The molecule has 0 aliphatic heterocycles. The summed E-state index contributed by atoms with van der Waals surface area (Å²) in [6.45, 7) is 1.40. The third-order valence-electron chi connectivity index (χ3n) is 3.55. The van der Waals surface area contributed by atoms with Crippen LogP contribution in [-0.4, -0.2) is 16.2 Å². The predicted molar refractivity (Wildman–Crippen MR) is 70.8 cm³/mol. The maximum Gasteiger partial charge on any atom is 0.122 e. The number of rotatable bonds is 4. The summed E-state index contributed by atoms with van der Waals surface area (Å²) >= 11 is 0. The van der Waals surface area contributed by atoms with E-state index in [9.17, 15) is 0 Å². The van der Waals surface area contributed by atoms with Gasteiger partial charge in [0, 0.05) is 12.4 Å². The Morgan fingerprint density at radius 1 is 1.47 bits per heavy atom. The van der Waals surface area contributed by atoms with Gasteiger partial charge in [-0.1, -0.05) is 12.1 Å². The Hall–Kier alpha value is -2.28. The Balaban J connectivity index is 1.69. The van der Waals surface area contributed by atoms with E-state index in [0.29, 0.717) is 6.61 Å². The molecule has 0 bridgehead atoms. The van der Waals surface area contributed by atoms with Crippen LogP contribution in [0.2, 0.25) is 0 Å². The highest BCUT2D eigenvalue weighted by Gasteiger charge is 2.24. The number of imidazole rings is 1. The van der Waals surface area contributed by atoms with Crippen LogP contribution in [0.25, 0.3) is 0 Å². The molecule has 1 heterocycles. The van der Waals surface area contributed by atoms with Gasteiger partial charge >= 0.3 is 0 Å². The van der Waals surface area contributed by atoms with Crippen LogP contribution in [0.15, 0.2) is 36.9 Å². The van der Waals surface area contributed by atoms with Crippen molar-refractivity contribution in [1.82, 2.24) is 9.55 Å². The van der Waals surface area contributed by atoms with Gasteiger partial charge in [-0.15, -0.1) is 0 Å². The van der Waals surface area contributed by atoms with Gasteiger partial charge in [-0.05, 0) is 30.0 Å². The highest BCUT2D eigenvalue weighted by Crippen LogP contribution is 2.37. The maximum atomic E-state index is 9.10. The van der Waals surface area contributed by atoms with E-state index in [4.69, 9.17) is 10.00 Å². The van der Waals surface area contributed by atoms with Gasteiger partial charge in [0.25, 0.3) is 0 Å². The normalized spacial score (nSPS) is 16.9.